The molecule has 2 rings (SSSR count). The van der Waals surface area contributed by atoms with Gasteiger partial charge in [-0.05, 0) is 19.4 Å². The third-order valence-electron chi connectivity index (χ3n) is 2.83. The average molecular weight is 254 g/mol. The molecule has 0 unspecified atom stereocenters. The zero-order chi connectivity index (χ0) is 13.1. The van der Waals surface area contributed by atoms with E-state index in [1.54, 1.807) is 13.8 Å². The largest absolute Gasteiger partial charge is 0.373 e. The van der Waals surface area contributed by atoms with E-state index in [4.69, 9.17) is 14.2 Å². The fourth-order valence-electron chi connectivity index (χ4n) is 1.70. The van der Waals surface area contributed by atoms with E-state index in [1.807, 2.05) is 30.3 Å². The summed E-state index contributed by atoms with van der Waals surface area (Å²) in [5.74, 6) is -0.699. The van der Waals surface area contributed by atoms with E-state index < -0.39 is 11.5 Å². The van der Waals surface area contributed by atoms with Crippen LogP contribution in [0.25, 0.3) is 0 Å². The molecule has 3 nitrogen and oxygen atoms in total. The lowest BCUT2D eigenvalue weighted by molar-refractivity contribution is -0.293. The molecule has 0 aromatic heterocycles. The molecule has 0 atom stereocenters. The summed E-state index contributed by atoms with van der Waals surface area (Å²) >= 11 is 0. The summed E-state index contributed by atoms with van der Waals surface area (Å²) in [6.07, 6.45) is 0. The molecular weight excluding hydrogens is 235 g/mol. The van der Waals surface area contributed by atoms with Crippen molar-refractivity contribution in [2.24, 2.45) is 0 Å². The number of hydrogen-bond donors (Lipinski definition) is 0. The van der Waals surface area contributed by atoms with E-state index in [-0.39, 0.29) is 19.8 Å². The van der Waals surface area contributed by atoms with Crippen LogP contribution in [0, 0.1) is 0 Å². The van der Waals surface area contributed by atoms with Gasteiger partial charge < -0.3 is 14.2 Å². The monoisotopic (exact) mass is 254 g/mol. The minimum atomic E-state index is -1.55. The molecule has 0 aliphatic carbocycles. The van der Waals surface area contributed by atoms with Crippen molar-refractivity contribution in [2.45, 2.75) is 31.9 Å². The zero-order valence-electron chi connectivity index (χ0n) is 10.8. The van der Waals surface area contributed by atoms with Crippen molar-refractivity contribution in [3.8, 4) is 0 Å². The first-order valence-electron chi connectivity index (χ1n) is 6.08. The molecule has 100 valence electrons. The maximum absolute atomic E-state index is 14.2. The average Bonchev–Trinajstić information content (AvgIpc) is 2.35. The van der Waals surface area contributed by atoms with Gasteiger partial charge >= 0.3 is 0 Å². The van der Waals surface area contributed by atoms with E-state index in [0.717, 1.165) is 5.56 Å². The summed E-state index contributed by atoms with van der Waals surface area (Å²) in [5.41, 5.74) is -0.524. The van der Waals surface area contributed by atoms with Crippen LogP contribution in [-0.4, -0.2) is 31.3 Å². The standard InChI is InChI=1S/C14H19FO3/c1-13(2)17-10-14(15,11-18-13)9-16-8-12-6-4-3-5-7-12/h3-7H,8-11H2,1-2H3. The maximum atomic E-state index is 14.2. The quantitative estimate of drug-likeness (QED) is 0.826. The normalized spacial score (nSPS) is 21.7. The molecule has 1 fully saturated rings. The Labute approximate surface area is 107 Å². The van der Waals surface area contributed by atoms with Gasteiger partial charge in [0, 0.05) is 0 Å². The van der Waals surface area contributed by atoms with E-state index in [0.29, 0.717) is 6.61 Å². The maximum Gasteiger partial charge on any atom is 0.180 e. The summed E-state index contributed by atoms with van der Waals surface area (Å²) in [5, 5.41) is 0. The first-order valence-corrected chi connectivity index (χ1v) is 6.08. The van der Waals surface area contributed by atoms with Crippen molar-refractivity contribution in [1.29, 1.82) is 0 Å². The molecule has 0 amide bonds. The van der Waals surface area contributed by atoms with Gasteiger partial charge in [0.2, 0.25) is 0 Å². The Kier molecular flexibility index (Phi) is 4.00. The van der Waals surface area contributed by atoms with E-state index in [1.165, 1.54) is 0 Å². The fourth-order valence-corrected chi connectivity index (χ4v) is 1.70. The van der Waals surface area contributed by atoms with Crippen LogP contribution >= 0.6 is 0 Å². The predicted octanol–water partition coefficient (Wildman–Crippen LogP) is 2.69. The number of rotatable bonds is 4. The van der Waals surface area contributed by atoms with Crippen LogP contribution in [0.2, 0.25) is 0 Å². The fraction of sp³-hybridized carbons (Fsp3) is 0.571. The Bertz CT molecular complexity index is 368. The highest BCUT2D eigenvalue weighted by Gasteiger charge is 2.40. The van der Waals surface area contributed by atoms with Gasteiger partial charge in [-0.1, -0.05) is 30.3 Å². The third kappa shape index (κ3) is 3.77. The highest BCUT2D eigenvalue weighted by Crippen LogP contribution is 2.26. The molecule has 0 N–H and O–H groups in total. The van der Waals surface area contributed by atoms with Crippen molar-refractivity contribution in [2.75, 3.05) is 19.8 Å². The van der Waals surface area contributed by atoms with Crippen molar-refractivity contribution >= 4 is 0 Å². The number of hydrogen-bond acceptors (Lipinski definition) is 3. The summed E-state index contributed by atoms with van der Waals surface area (Å²) in [6.45, 7) is 3.95. The Balaban J connectivity index is 1.77. The molecule has 0 spiro atoms. The number of halogens is 1. The van der Waals surface area contributed by atoms with Gasteiger partial charge in [0.25, 0.3) is 0 Å². The third-order valence-corrected chi connectivity index (χ3v) is 2.83. The lowest BCUT2D eigenvalue weighted by Gasteiger charge is -2.38. The molecule has 4 heteroatoms. The van der Waals surface area contributed by atoms with Crippen LogP contribution in [0.4, 0.5) is 4.39 Å². The van der Waals surface area contributed by atoms with Crippen molar-refractivity contribution in [3.63, 3.8) is 0 Å². The lowest BCUT2D eigenvalue weighted by Crippen LogP contribution is -2.50. The minimum absolute atomic E-state index is 0.00872. The second kappa shape index (κ2) is 5.34. The van der Waals surface area contributed by atoms with Gasteiger partial charge in [-0.2, -0.15) is 0 Å². The lowest BCUT2D eigenvalue weighted by atomic mass is 10.1. The van der Waals surface area contributed by atoms with Gasteiger partial charge in [-0.15, -0.1) is 0 Å². The van der Waals surface area contributed by atoms with E-state index in [9.17, 15) is 4.39 Å². The number of benzene rings is 1. The molecule has 18 heavy (non-hydrogen) atoms. The van der Waals surface area contributed by atoms with Crippen molar-refractivity contribution in [3.05, 3.63) is 35.9 Å². The van der Waals surface area contributed by atoms with Crippen molar-refractivity contribution in [1.82, 2.24) is 0 Å². The summed E-state index contributed by atoms with van der Waals surface area (Å²) < 4.78 is 30.3. The second-order valence-electron chi connectivity index (χ2n) is 5.11. The Morgan fingerprint density at radius 3 is 2.39 bits per heavy atom. The molecule has 0 radical (unpaired) electrons. The number of ether oxygens (including phenoxy) is 3. The minimum Gasteiger partial charge on any atom is -0.373 e. The Hall–Kier alpha value is -0.970. The highest BCUT2D eigenvalue weighted by atomic mass is 19.1. The number of alkyl halides is 1. The van der Waals surface area contributed by atoms with Gasteiger partial charge in [-0.3, -0.25) is 0 Å². The molecule has 1 aromatic carbocycles. The Morgan fingerprint density at radius 2 is 1.78 bits per heavy atom. The first-order chi connectivity index (χ1) is 8.49. The van der Waals surface area contributed by atoms with Gasteiger partial charge in [0.15, 0.2) is 11.5 Å². The first kappa shape index (κ1) is 13.5. The molecule has 0 saturated carbocycles. The topological polar surface area (TPSA) is 27.7 Å². The van der Waals surface area contributed by atoms with Gasteiger partial charge in [0.1, 0.15) is 0 Å². The highest BCUT2D eigenvalue weighted by molar-refractivity contribution is 5.13. The van der Waals surface area contributed by atoms with Crippen LogP contribution in [0.1, 0.15) is 19.4 Å². The van der Waals surface area contributed by atoms with Crippen LogP contribution in [0.5, 0.6) is 0 Å². The second-order valence-corrected chi connectivity index (χ2v) is 5.11. The molecule has 1 aliphatic rings. The van der Waals surface area contributed by atoms with E-state index in [2.05, 4.69) is 0 Å². The van der Waals surface area contributed by atoms with E-state index >= 15 is 0 Å². The molecule has 1 saturated heterocycles. The molecule has 0 bridgehead atoms. The van der Waals surface area contributed by atoms with Crippen LogP contribution in [0.15, 0.2) is 30.3 Å². The summed E-state index contributed by atoms with van der Waals surface area (Å²) in [6, 6.07) is 9.69. The summed E-state index contributed by atoms with van der Waals surface area (Å²) in [7, 11) is 0. The van der Waals surface area contributed by atoms with Crippen molar-refractivity contribution < 1.29 is 18.6 Å². The van der Waals surface area contributed by atoms with Crippen LogP contribution < -0.4 is 0 Å². The predicted molar refractivity (Wildman–Crippen MR) is 65.9 cm³/mol. The van der Waals surface area contributed by atoms with Gasteiger partial charge in [0.05, 0.1) is 26.4 Å². The summed E-state index contributed by atoms with van der Waals surface area (Å²) in [4.78, 5) is 0. The Morgan fingerprint density at radius 1 is 1.17 bits per heavy atom. The molecule has 1 heterocycles. The van der Waals surface area contributed by atoms with Gasteiger partial charge in [-0.25, -0.2) is 4.39 Å². The molecule has 1 aromatic rings. The van der Waals surface area contributed by atoms with Crippen LogP contribution in [0.3, 0.4) is 0 Å². The smallest absolute Gasteiger partial charge is 0.180 e. The SMILES string of the molecule is CC1(C)OCC(F)(COCc2ccccc2)CO1. The molecular formula is C14H19FO3. The zero-order valence-corrected chi connectivity index (χ0v) is 10.8. The molecule has 1 aliphatic heterocycles. The van der Waals surface area contributed by atoms with Crippen LogP contribution in [-0.2, 0) is 20.8 Å².